The molecule has 1 unspecified atom stereocenters. The molecule has 3 rings (SSSR count). The summed E-state index contributed by atoms with van der Waals surface area (Å²) in [6, 6.07) is 4.04. The van der Waals surface area contributed by atoms with Crippen LogP contribution in [0.3, 0.4) is 0 Å². The van der Waals surface area contributed by atoms with Gasteiger partial charge in [0.1, 0.15) is 22.5 Å². The van der Waals surface area contributed by atoms with Crippen molar-refractivity contribution in [3.8, 4) is 5.75 Å². The molecule has 59 heavy (non-hydrogen) atoms. The van der Waals surface area contributed by atoms with Crippen molar-refractivity contribution in [2.45, 2.75) is 137 Å². The number of carbonyl (C=O) groups excluding carboxylic acids is 6. The van der Waals surface area contributed by atoms with Crippen LogP contribution in [0.25, 0.3) is 0 Å². The maximum atomic E-state index is 14.8. The fourth-order valence-electron chi connectivity index (χ4n) is 7.22. The summed E-state index contributed by atoms with van der Waals surface area (Å²) in [6.07, 6.45) is 3.51. The van der Waals surface area contributed by atoms with Gasteiger partial charge in [0.15, 0.2) is 12.8 Å². The van der Waals surface area contributed by atoms with Gasteiger partial charge in [-0.2, -0.15) is 0 Å². The number of likely N-dealkylation sites (N-methyl/N-ethyl adjacent to an activating group) is 1. The van der Waals surface area contributed by atoms with Crippen LogP contribution in [0.4, 0.5) is 0 Å². The molecule has 1 saturated heterocycles. The minimum atomic E-state index is -0.998. The molecule has 1 aliphatic heterocycles. The van der Waals surface area contributed by atoms with Gasteiger partial charge in [-0.1, -0.05) is 66.5 Å². The number of rotatable bonds is 22. The number of phenols is 1. The summed E-state index contributed by atoms with van der Waals surface area (Å²) in [5.74, 6) is 1.76. The average molecular weight is 844 g/mol. The molecule has 0 saturated carbocycles. The van der Waals surface area contributed by atoms with E-state index in [-0.39, 0.29) is 61.2 Å². The number of nitrogens with zero attached hydrogens (tertiary/aromatic N) is 3. The average Bonchev–Trinajstić information content (AvgIpc) is 3.70. The summed E-state index contributed by atoms with van der Waals surface area (Å²) in [5.41, 5.74) is 3.02. The van der Waals surface area contributed by atoms with Crippen molar-refractivity contribution in [3.05, 3.63) is 45.9 Å². The number of thiazole rings is 1. The van der Waals surface area contributed by atoms with Crippen LogP contribution in [0.1, 0.15) is 127 Å². The Hall–Kier alpha value is -4.61. The maximum Gasteiger partial charge on any atom is 0.307 e. The van der Waals surface area contributed by atoms with Gasteiger partial charge in [-0.15, -0.1) is 11.3 Å². The van der Waals surface area contributed by atoms with Crippen molar-refractivity contribution in [1.29, 1.82) is 0 Å². The number of hydrazine groups is 1. The van der Waals surface area contributed by atoms with Crippen LogP contribution < -0.4 is 21.9 Å². The quantitative estimate of drug-likeness (QED) is 0.0367. The van der Waals surface area contributed by atoms with Crippen LogP contribution in [-0.4, -0.2) is 99.9 Å². The zero-order valence-corrected chi connectivity index (χ0v) is 36.6. The number of hydrogen-bond acceptors (Lipinski definition) is 13. The molecule has 7 atom stereocenters. The smallest absolute Gasteiger partial charge is 0.307 e. The Kier molecular flexibility index (Phi) is 19.7. The molecular weight excluding hydrogens is 779 g/mol. The Morgan fingerprint density at radius 1 is 1.03 bits per heavy atom. The van der Waals surface area contributed by atoms with Gasteiger partial charge in [0.25, 0.3) is 5.91 Å². The number of aromatic hydroxyl groups is 1. The molecule has 328 valence electrons. The second kappa shape index (κ2) is 23.8. The number of benzene rings is 1. The second-order valence-electron chi connectivity index (χ2n) is 16.0. The lowest BCUT2D eigenvalue weighted by Crippen LogP contribution is -2.59. The molecule has 16 nitrogen and oxygen atoms in total. The van der Waals surface area contributed by atoms with E-state index in [2.05, 4.69) is 21.0 Å². The van der Waals surface area contributed by atoms with E-state index in [9.17, 15) is 33.9 Å². The molecule has 6 N–H and O–H groups in total. The normalized spacial score (nSPS) is 17.4. The van der Waals surface area contributed by atoms with Crippen molar-refractivity contribution in [2.24, 2.45) is 23.6 Å². The third kappa shape index (κ3) is 14.9. The van der Waals surface area contributed by atoms with Crippen LogP contribution in [0.15, 0.2) is 29.6 Å². The van der Waals surface area contributed by atoms with E-state index in [1.807, 2.05) is 46.6 Å². The van der Waals surface area contributed by atoms with Crippen LogP contribution in [0.5, 0.6) is 5.75 Å². The molecule has 0 aliphatic carbocycles. The number of ether oxygens (including phenoxy) is 2. The van der Waals surface area contributed by atoms with Gasteiger partial charge in [-0.25, -0.2) is 10.8 Å². The monoisotopic (exact) mass is 843 g/mol. The number of nitrogens with two attached hydrogens (primary N) is 1. The maximum absolute atomic E-state index is 14.8. The van der Waals surface area contributed by atoms with E-state index in [0.717, 1.165) is 36.3 Å². The SMILES string of the molecule is CCCC(=O)OCN(C(=O)C(NC(=O)[C@H]1CCCCN1C)[C@@H](C)CC)[C@H](C[C@@H](OC(C)=O)c1nc(C(=O)N[C@@H](Cc2ccc(O)cc2)C[C@H](C)C(=O)NN)cs1)C(C)C. The molecule has 0 radical (unpaired) electrons. The molecule has 0 bridgehead atoms. The zero-order chi connectivity index (χ0) is 43.8. The van der Waals surface area contributed by atoms with Crippen molar-refractivity contribution in [1.82, 2.24) is 30.8 Å². The van der Waals surface area contributed by atoms with Gasteiger partial charge in [0.05, 0.1) is 6.04 Å². The van der Waals surface area contributed by atoms with Crippen molar-refractivity contribution >= 4 is 46.9 Å². The number of piperidine rings is 1. The van der Waals surface area contributed by atoms with Gasteiger partial charge < -0.3 is 30.1 Å². The van der Waals surface area contributed by atoms with Crippen LogP contribution in [0.2, 0.25) is 0 Å². The zero-order valence-electron chi connectivity index (χ0n) is 35.8. The van der Waals surface area contributed by atoms with Gasteiger partial charge in [0, 0.05) is 43.1 Å². The number of likely N-dealkylation sites (tertiary alicyclic amines) is 1. The highest BCUT2D eigenvalue weighted by Gasteiger charge is 2.39. The van der Waals surface area contributed by atoms with E-state index >= 15 is 0 Å². The van der Waals surface area contributed by atoms with Crippen molar-refractivity contribution < 1.29 is 43.3 Å². The van der Waals surface area contributed by atoms with Crippen LogP contribution in [0, 0.1) is 17.8 Å². The van der Waals surface area contributed by atoms with Gasteiger partial charge >= 0.3 is 11.9 Å². The Labute approximate surface area is 352 Å². The lowest BCUT2D eigenvalue weighted by Gasteiger charge is -2.39. The van der Waals surface area contributed by atoms with E-state index in [1.165, 1.54) is 24.0 Å². The molecule has 1 aliphatic rings. The molecule has 1 aromatic carbocycles. The highest BCUT2D eigenvalue weighted by atomic mass is 32.1. The summed E-state index contributed by atoms with van der Waals surface area (Å²) in [7, 11) is 1.90. The summed E-state index contributed by atoms with van der Waals surface area (Å²) < 4.78 is 11.5. The van der Waals surface area contributed by atoms with Gasteiger partial charge in [-0.05, 0) is 75.2 Å². The Balaban J connectivity index is 1.95. The molecule has 2 heterocycles. The van der Waals surface area contributed by atoms with Crippen molar-refractivity contribution in [2.75, 3.05) is 20.3 Å². The summed E-state index contributed by atoms with van der Waals surface area (Å²) in [4.78, 5) is 87.8. The molecule has 0 spiro atoms. The Morgan fingerprint density at radius 3 is 2.32 bits per heavy atom. The number of amides is 4. The first-order valence-corrected chi connectivity index (χ1v) is 21.6. The largest absolute Gasteiger partial charge is 0.508 e. The fraction of sp³-hybridized carbons (Fsp3) is 0.643. The van der Waals surface area contributed by atoms with E-state index in [1.54, 1.807) is 24.4 Å². The first-order valence-electron chi connectivity index (χ1n) is 20.7. The topological polar surface area (TPSA) is 223 Å². The molecular formula is C42H65N7O9S. The Bertz CT molecular complexity index is 1700. The molecule has 2 aromatic rings. The minimum absolute atomic E-state index is 0.0462. The Morgan fingerprint density at radius 2 is 1.73 bits per heavy atom. The van der Waals surface area contributed by atoms with Crippen LogP contribution >= 0.6 is 11.3 Å². The van der Waals surface area contributed by atoms with E-state index in [4.69, 9.17) is 15.3 Å². The first-order chi connectivity index (χ1) is 28.0. The second-order valence-corrected chi connectivity index (χ2v) is 16.9. The van der Waals surface area contributed by atoms with Crippen molar-refractivity contribution in [3.63, 3.8) is 0 Å². The number of esters is 2. The standard InChI is InChI=1S/C42H65N7O9S/c1-9-13-36(52)57-24-49(42(56)37(26(5)10-2)46-40(55)33-14-11-12-19-48(33)8)34(25(3)4)22-35(58-28(7)50)41-45-32(23-59-41)39(54)44-30(20-27(6)38(53)47-43)21-29-15-17-31(51)18-16-29/h15-18,23,25-27,30,33-35,37,51H,9-14,19-22,24,43H2,1-8H3,(H,44,54)(H,46,55)(H,47,53)/t26-,27-,30+,33+,34+,35+,37?/m0/s1. The number of aromatic nitrogens is 1. The highest BCUT2D eigenvalue weighted by Crippen LogP contribution is 2.32. The third-order valence-electron chi connectivity index (χ3n) is 10.9. The molecule has 4 amide bonds. The number of nitrogens with one attached hydrogen (secondary N) is 3. The third-order valence-corrected chi connectivity index (χ3v) is 11.8. The predicted molar refractivity (Wildman–Crippen MR) is 223 cm³/mol. The van der Waals surface area contributed by atoms with E-state index < -0.39 is 59.8 Å². The number of phenolic OH excluding ortho intramolecular Hbond substituents is 1. The lowest BCUT2D eigenvalue weighted by molar-refractivity contribution is -0.160. The first kappa shape index (κ1) is 48.8. The number of hydrogen-bond donors (Lipinski definition) is 5. The summed E-state index contributed by atoms with van der Waals surface area (Å²) in [6.45, 7) is 12.8. The van der Waals surface area contributed by atoms with Gasteiger partial charge in [0.2, 0.25) is 17.7 Å². The summed E-state index contributed by atoms with van der Waals surface area (Å²) >= 11 is 1.11. The van der Waals surface area contributed by atoms with Crippen LogP contribution in [-0.2, 0) is 39.9 Å². The number of carbonyl (C=O) groups is 6. The molecule has 17 heteroatoms. The van der Waals surface area contributed by atoms with E-state index in [0.29, 0.717) is 30.7 Å². The highest BCUT2D eigenvalue weighted by molar-refractivity contribution is 7.09. The molecule has 1 aromatic heterocycles. The fourth-order valence-corrected chi connectivity index (χ4v) is 8.06. The van der Waals surface area contributed by atoms with Gasteiger partial charge in [-0.3, -0.25) is 39.1 Å². The summed E-state index contributed by atoms with van der Waals surface area (Å²) in [5, 5.41) is 17.6. The molecule has 1 fully saturated rings. The minimum Gasteiger partial charge on any atom is -0.508 e. The lowest BCUT2D eigenvalue weighted by atomic mass is 9.92. The predicted octanol–water partition coefficient (Wildman–Crippen LogP) is 4.37.